The number of hydrogen-bond donors (Lipinski definition) is 1. The van der Waals surface area contributed by atoms with Gasteiger partial charge in [0.15, 0.2) is 0 Å². The fourth-order valence-corrected chi connectivity index (χ4v) is 3.56. The summed E-state index contributed by atoms with van der Waals surface area (Å²) in [5.74, 6) is 0.920. The summed E-state index contributed by atoms with van der Waals surface area (Å²) in [5.41, 5.74) is 0.160. The van der Waals surface area contributed by atoms with E-state index in [1.165, 1.54) is 6.26 Å². The van der Waals surface area contributed by atoms with Gasteiger partial charge in [-0.1, -0.05) is 34.6 Å². The summed E-state index contributed by atoms with van der Waals surface area (Å²) in [4.78, 5) is 2.38. The molecule has 0 aliphatic carbocycles. The Kier molecular flexibility index (Phi) is 6.05. The minimum absolute atomic E-state index is 0.160. The Hall–Kier alpha value is -0.130. The molecule has 120 valence electrons. The maximum atomic E-state index is 11.4. The van der Waals surface area contributed by atoms with Crippen LogP contribution in [0.2, 0.25) is 0 Å². The lowest BCUT2D eigenvalue weighted by Gasteiger charge is -2.46. The smallest absolute Gasteiger partial charge is 0.148 e. The predicted molar refractivity (Wildman–Crippen MR) is 85.8 cm³/mol. The normalized spacial score (nSPS) is 26.1. The minimum Gasteiger partial charge on any atom is -0.311 e. The monoisotopic (exact) mass is 304 g/mol. The van der Waals surface area contributed by atoms with Crippen molar-refractivity contribution in [1.29, 1.82) is 0 Å². The third-order valence-corrected chi connectivity index (χ3v) is 4.92. The van der Waals surface area contributed by atoms with E-state index in [0.29, 0.717) is 24.5 Å². The molecule has 1 N–H and O–H groups in total. The van der Waals surface area contributed by atoms with E-state index in [4.69, 9.17) is 0 Å². The number of piperazine rings is 1. The van der Waals surface area contributed by atoms with Crippen LogP contribution in [-0.4, -0.2) is 57.0 Å². The Morgan fingerprint density at radius 3 is 2.35 bits per heavy atom. The van der Waals surface area contributed by atoms with Gasteiger partial charge in [-0.2, -0.15) is 0 Å². The van der Waals surface area contributed by atoms with E-state index >= 15 is 0 Å². The summed E-state index contributed by atoms with van der Waals surface area (Å²) < 4.78 is 22.9. The molecule has 0 aromatic heterocycles. The van der Waals surface area contributed by atoms with E-state index in [0.717, 1.165) is 19.5 Å². The molecule has 1 fully saturated rings. The standard InChI is InChI=1S/C15H32N2O2S/c1-12(2)9-13-11-17(7-8-20(6,18)19)14(10-16-13)15(3,4)5/h12-14,16H,7-11H2,1-6H3. The van der Waals surface area contributed by atoms with Gasteiger partial charge in [-0.25, -0.2) is 8.42 Å². The number of sulfone groups is 1. The predicted octanol–water partition coefficient (Wildman–Crippen LogP) is 1.77. The van der Waals surface area contributed by atoms with Gasteiger partial charge >= 0.3 is 0 Å². The van der Waals surface area contributed by atoms with E-state index in [1.54, 1.807) is 0 Å². The van der Waals surface area contributed by atoms with Crippen LogP contribution in [-0.2, 0) is 9.84 Å². The van der Waals surface area contributed by atoms with Gasteiger partial charge in [-0.05, 0) is 17.8 Å². The third-order valence-electron chi connectivity index (χ3n) is 4.00. The van der Waals surface area contributed by atoms with E-state index in [9.17, 15) is 8.42 Å². The van der Waals surface area contributed by atoms with Crippen molar-refractivity contribution in [1.82, 2.24) is 10.2 Å². The molecule has 0 amide bonds. The molecular weight excluding hydrogens is 272 g/mol. The molecule has 1 heterocycles. The molecule has 1 rings (SSSR count). The molecule has 0 radical (unpaired) electrons. The molecule has 0 spiro atoms. The van der Waals surface area contributed by atoms with Crippen molar-refractivity contribution in [3.8, 4) is 0 Å². The van der Waals surface area contributed by atoms with Crippen LogP contribution >= 0.6 is 0 Å². The number of nitrogens with zero attached hydrogens (tertiary/aromatic N) is 1. The molecule has 2 atom stereocenters. The zero-order valence-corrected chi connectivity index (χ0v) is 14.8. The van der Waals surface area contributed by atoms with Crippen molar-refractivity contribution in [3.63, 3.8) is 0 Å². The topological polar surface area (TPSA) is 49.4 Å². The molecule has 1 aliphatic heterocycles. The first kappa shape index (κ1) is 17.9. The first-order valence-electron chi connectivity index (χ1n) is 7.64. The third kappa shape index (κ3) is 6.10. The average molecular weight is 305 g/mol. The second-order valence-corrected chi connectivity index (χ2v) is 10.0. The minimum atomic E-state index is -2.90. The van der Waals surface area contributed by atoms with Crippen LogP contribution in [0.5, 0.6) is 0 Å². The fraction of sp³-hybridized carbons (Fsp3) is 1.00. The zero-order valence-electron chi connectivity index (χ0n) is 13.9. The van der Waals surface area contributed by atoms with Crippen LogP contribution in [0.4, 0.5) is 0 Å². The van der Waals surface area contributed by atoms with Crippen molar-refractivity contribution in [2.24, 2.45) is 11.3 Å². The number of nitrogens with one attached hydrogen (secondary N) is 1. The molecule has 4 nitrogen and oxygen atoms in total. The van der Waals surface area contributed by atoms with Crippen molar-refractivity contribution < 1.29 is 8.42 Å². The van der Waals surface area contributed by atoms with Gasteiger partial charge in [0.25, 0.3) is 0 Å². The van der Waals surface area contributed by atoms with Crippen LogP contribution < -0.4 is 5.32 Å². The molecule has 2 unspecified atom stereocenters. The van der Waals surface area contributed by atoms with E-state index in [1.807, 2.05) is 0 Å². The van der Waals surface area contributed by atoms with Gasteiger partial charge in [0.1, 0.15) is 9.84 Å². The number of hydrogen-bond acceptors (Lipinski definition) is 4. The van der Waals surface area contributed by atoms with Crippen LogP contribution in [0, 0.1) is 11.3 Å². The fourth-order valence-electron chi connectivity index (χ4n) is 2.99. The van der Waals surface area contributed by atoms with Crippen molar-refractivity contribution in [2.75, 3.05) is 31.6 Å². The van der Waals surface area contributed by atoms with Crippen LogP contribution in [0.25, 0.3) is 0 Å². The van der Waals surface area contributed by atoms with Gasteiger partial charge in [-0.15, -0.1) is 0 Å². The molecular formula is C15H32N2O2S. The molecule has 1 saturated heterocycles. The van der Waals surface area contributed by atoms with Gasteiger partial charge in [0, 0.05) is 38.0 Å². The van der Waals surface area contributed by atoms with Crippen LogP contribution in [0.3, 0.4) is 0 Å². The molecule has 0 bridgehead atoms. The Balaban J connectivity index is 2.73. The van der Waals surface area contributed by atoms with E-state index in [2.05, 4.69) is 44.8 Å². The van der Waals surface area contributed by atoms with Crippen molar-refractivity contribution in [2.45, 2.75) is 53.1 Å². The van der Waals surface area contributed by atoms with Crippen LogP contribution in [0.15, 0.2) is 0 Å². The first-order valence-corrected chi connectivity index (χ1v) is 9.70. The Morgan fingerprint density at radius 1 is 1.30 bits per heavy atom. The highest BCUT2D eigenvalue weighted by Gasteiger charge is 2.35. The van der Waals surface area contributed by atoms with Gasteiger partial charge in [0.05, 0.1) is 5.75 Å². The highest BCUT2D eigenvalue weighted by atomic mass is 32.2. The second kappa shape index (κ2) is 6.75. The number of rotatable bonds is 5. The van der Waals surface area contributed by atoms with Gasteiger partial charge in [-0.3, -0.25) is 4.90 Å². The summed E-state index contributed by atoms with van der Waals surface area (Å²) in [7, 11) is -2.90. The van der Waals surface area contributed by atoms with Crippen LogP contribution in [0.1, 0.15) is 41.0 Å². The zero-order chi connectivity index (χ0) is 15.6. The van der Waals surface area contributed by atoms with E-state index < -0.39 is 9.84 Å². The summed E-state index contributed by atoms with van der Waals surface area (Å²) in [6.07, 6.45) is 2.47. The lowest BCUT2D eigenvalue weighted by molar-refractivity contribution is 0.0567. The molecule has 1 aliphatic rings. The largest absolute Gasteiger partial charge is 0.311 e. The highest BCUT2D eigenvalue weighted by molar-refractivity contribution is 7.90. The quantitative estimate of drug-likeness (QED) is 0.841. The second-order valence-electron chi connectivity index (χ2n) is 7.74. The summed E-state index contributed by atoms with van der Waals surface area (Å²) in [6, 6.07) is 0.876. The molecule has 0 aromatic carbocycles. The molecule has 5 heteroatoms. The first-order chi connectivity index (χ1) is 8.99. The lowest BCUT2D eigenvalue weighted by atomic mass is 9.83. The Labute approximate surface area is 125 Å². The van der Waals surface area contributed by atoms with Crippen molar-refractivity contribution >= 4 is 9.84 Å². The Morgan fingerprint density at radius 2 is 1.90 bits per heavy atom. The average Bonchev–Trinajstić information content (AvgIpc) is 2.23. The lowest BCUT2D eigenvalue weighted by Crippen LogP contribution is -2.61. The highest BCUT2D eigenvalue weighted by Crippen LogP contribution is 2.27. The van der Waals surface area contributed by atoms with Crippen molar-refractivity contribution in [3.05, 3.63) is 0 Å². The molecule has 0 aromatic rings. The summed E-state index contributed by atoms with van der Waals surface area (Å²) in [5, 5.41) is 3.64. The summed E-state index contributed by atoms with van der Waals surface area (Å²) in [6.45, 7) is 13.7. The van der Waals surface area contributed by atoms with E-state index in [-0.39, 0.29) is 11.2 Å². The Bertz CT molecular complexity index is 399. The van der Waals surface area contributed by atoms with Gasteiger partial charge < -0.3 is 5.32 Å². The SMILES string of the molecule is CC(C)CC1CN(CCS(C)(=O)=O)C(C(C)(C)C)CN1. The summed E-state index contributed by atoms with van der Waals surface area (Å²) >= 11 is 0. The maximum Gasteiger partial charge on any atom is 0.148 e. The van der Waals surface area contributed by atoms with Gasteiger partial charge in [0.2, 0.25) is 0 Å². The molecule has 0 saturated carbocycles. The maximum absolute atomic E-state index is 11.4. The molecule has 20 heavy (non-hydrogen) atoms.